The Balaban J connectivity index is 1.87. The molecule has 5 nitrogen and oxygen atoms in total. The molecule has 25 heavy (non-hydrogen) atoms. The van der Waals surface area contributed by atoms with E-state index in [0.717, 1.165) is 11.1 Å². The third-order valence-corrected chi connectivity index (χ3v) is 3.68. The Morgan fingerprint density at radius 2 is 1.60 bits per heavy atom. The minimum absolute atomic E-state index is 0.0905. The fraction of sp³-hybridized carbons (Fsp3) is 0.300. The second-order valence-corrected chi connectivity index (χ2v) is 6.90. The van der Waals surface area contributed by atoms with Gasteiger partial charge >= 0.3 is 0 Å². The van der Waals surface area contributed by atoms with E-state index in [-0.39, 0.29) is 17.9 Å². The van der Waals surface area contributed by atoms with Gasteiger partial charge in [0.15, 0.2) is 6.61 Å². The van der Waals surface area contributed by atoms with E-state index in [1.165, 1.54) is 0 Å². The van der Waals surface area contributed by atoms with E-state index in [4.69, 9.17) is 4.74 Å². The van der Waals surface area contributed by atoms with Gasteiger partial charge in [0.2, 0.25) is 0 Å². The molecule has 0 atom stereocenters. The van der Waals surface area contributed by atoms with Gasteiger partial charge in [-0.15, -0.1) is 0 Å². The number of rotatable bonds is 4. The van der Waals surface area contributed by atoms with Crippen molar-refractivity contribution in [2.45, 2.75) is 33.1 Å². The maximum atomic E-state index is 12.0. The van der Waals surface area contributed by atoms with Crippen LogP contribution in [0.1, 0.15) is 42.3 Å². The molecule has 0 aliphatic rings. The van der Waals surface area contributed by atoms with Gasteiger partial charge in [0.1, 0.15) is 5.75 Å². The van der Waals surface area contributed by atoms with Crippen LogP contribution in [-0.2, 0) is 10.2 Å². The Kier molecular flexibility index (Phi) is 5.80. The maximum absolute atomic E-state index is 12.0. The quantitative estimate of drug-likeness (QED) is 0.840. The molecule has 0 fully saturated rings. The standard InChI is InChI=1S/C20H24N2O3/c1-14-9-11-15(12-10-14)19(24)22-21-18(23)13-25-17-8-6-5-7-16(17)20(2,3)4/h5-12H,13H2,1-4H3,(H,21,23)(H,22,24). The monoisotopic (exact) mass is 340 g/mol. The summed E-state index contributed by atoms with van der Waals surface area (Å²) in [6.45, 7) is 8.00. The van der Waals surface area contributed by atoms with E-state index in [0.29, 0.717) is 11.3 Å². The zero-order valence-corrected chi connectivity index (χ0v) is 15.1. The Hall–Kier alpha value is -2.82. The zero-order chi connectivity index (χ0) is 18.4. The van der Waals surface area contributed by atoms with Gasteiger partial charge in [-0.3, -0.25) is 20.4 Å². The molecule has 0 saturated heterocycles. The van der Waals surface area contributed by atoms with Crippen LogP contribution in [0.25, 0.3) is 0 Å². The lowest BCUT2D eigenvalue weighted by Gasteiger charge is -2.22. The van der Waals surface area contributed by atoms with Crippen LogP contribution in [0.2, 0.25) is 0 Å². The highest BCUT2D eigenvalue weighted by atomic mass is 16.5. The topological polar surface area (TPSA) is 67.4 Å². The van der Waals surface area contributed by atoms with Crippen LogP contribution >= 0.6 is 0 Å². The predicted octanol–water partition coefficient (Wildman–Crippen LogP) is 3.13. The van der Waals surface area contributed by atoms with Gasteiger partial charge in [0.25, 0.3) is 11.8 Å². The van der Waals surface area contributed by atoms with Crippen molar-refractivity contribution in [3.8, 4) is 5.75 Å². The number of hydrogen-bond acceptors (Lipinski definition) is 3. The van der Waals surface area contributed by atoms with Gasteiger partial charge in [-0.2, -0.15) is 0 Å². The molecule has 0 unspecified atom stereocenters. The van der Waals surface area contributed by atoms with E-state index in [1.807, 2.05) is 43.3 Å². The summed E-state index contributed by atoms with van der Waals surface area (Å²) in [6.07, 6.45) is 0. The lowest BCUT2D eigenvalue weighted by atomic mass is 9.86. The molecule has 2 N–H and O–H groups in total. The fourth-order valence-electron chi connectivity index (χ4n) is 2.30. The van der Waals surface area contributed by atoms with Crippen LogP contribution in [0.3, 0.4) is 0 Å². The SMILES string of the molecule is Cc1ccc(C(=O)NNC(=O)COc2ccccc2C(C)(C)C)cc1. The molecule has 2 amide bonds. The largest absolute Gasteiger partial charge is 0.483 e. The molecule has 0 aromatic heterocycles. The first-order chi connectivity index (χ1) is 11.8. The first-order valence-electron chi connectivity index (χ1n) is 8.15. The summed E-state index contributed by atoms with van der Waals surface area (Å²) in [7, 11) is 0. The number of hydrazine groups is 1. The Morgan fingerprint density at radius 3 is 2.24 bits per heavy atom. The highest BCUT2D eigenvalue weighted by Gasteiger charge is 2.19. The lowest BCUT2D eigenvalue weighted by Crippen LogP contribution is -2.43. The van der Waals surface area contributed by atoms with Crippen LogP contribution in [0.5, 0.6) is 5.75 Å². The highest BCUT2D eigenvalue weighted by Crippen LogP contribution is 2.30. The normalized spacial score (nSPS) is 10.9. The van der Waals surface area contributed by atoms with E-state index in [1.54, 1.807) is 12.1 Å². The lowest BCUT2D eigenvalue weighted by molar-refractivity contribution is -0.123. The number of hydrogen-bond donors (Lipinski definition) is 2. The summed E-state index contributed by atoms with van der Waals surface area (Å²) >= 11 is 0. The number of nitrogens with one attached hydrogen (secondary N) is 2. The van der Waals surface area contributed by atoms with Crippen molar-refractivity contribution in [2.75, 3.05) is 6.61 Å². The first kappa shape index (κ1) is 18.5. The third kappa shape index (κ3) is 5.35. The number of ether oxygens (including phenoxy) is 1. The molecule has 2 rings (SSSR count). The fourth-order valence-corrected chi connectivity index (χ4v) is 2.30. The van der Waals surface area contributed by atoms with Crippen molar-refractivity contribution >= 4 is 11.8 Å². The van der Waals surface area contributed by atoms with Crippen LogP contribution in [0, 0.1) is 6.92 Å². The summed E-state index contributed by atoms with van der Waals surface area (Å²) < 4.78 is 5.62. The second-order valence-electron chi connectivity index (χ2n) is 6.90. The molecule has 0 bridgehead atoms. The van der Waals surface area contributed by atoms with Gasteiger partial charge in [-0.05, 0) is 36.1 Å². The second kappa shape index (κ2) is 7.83. The van der Waals surface area contributed by atoms with Gasteiger partial charge in [0.05, 0.1) is 0 Å². The van der Waals surface area contributed by atoms with Crippen molar-refractivity contribution in [3.63, 3.8) is 0 Å². The van der Waals surface area contributed by atoms with E-state index in [2.05, 4.69) is 31.6 Å². The van der Waals surface area contributed by atoms with Crippen molar-refractivity contribution in [2.24, 2.45) is 0 Å². The predicted molar refractivity (Wildman–Crippen MR) is 97.4 cm³/mol. The molecule has 0 radical (unpaired) electrons. The number of para-hydroxylation sites is 1. The van der Waals surface area contributed by atoms with Crippen LogP contribution < -0.4 is 15.6 Å². The van der Waals surface area contributed by atoms with Gasteiger partial charge in [0, 0.05) is 5.56 Å². The highest BCUT2D eigenvalue weighted by molar-refractivity contribution is 5.95. The molecule has 0 aliphatic carbocycles. The van der Waals surface area contributed by atoms with Crippen molar-refractivity contribution < 1.29 is 14.3 Å². The molecular weight excluding hydrogens is 316 g/mol. The molecule has 0 saturated carbocycles. The van der Waals surface area contributed by atoms with Crippen LogP contribution in [-0.4, -0.2) is 18.4 Å². The summed E-state index contributed by atoms with van der Waals surface area (Å²) in [6, 6.07) is 14.7. The third-order valence-electron chi connectivity index (χ3n) is 3.68. The van der Waals surface area contributed by atoms with Gasteiger partial charge < -0.3 is 4.74 Å². The molecule has 0 heterocycles. The number of carbonyl (C=O) groups is 2. The summed E-state index contributed by atoms with van der Waals surface area (Å²) in [5.74, 6) is -0.136. The molecular formula is C20H24N2O3. The first-order valence-corrected chi connectivity index (χ1v) is 8.15. The number of aryl methyl sites for hydroxylation is 1. The van der Waals surface area contributed by atoms with Crippen LogP contribution in [0.4, 0.5) is 0 Å². The smallest absolute Gasteiger partial charge is 0.276 e. The molecule has 2 aromatic rings. The summed E-state index contributed by atoms with van der Waals surface area (Å²) in [5.41, 5.74) is 7.21. The number of carbonyl (C=O) groups excluding carboxylic acids is 2. The molecule has 132 valence electrons. The number of benzene rings is 2. The zero-order valence-electron chi connectivity index (χ0n) is 15.1. The number of amides is 2. The van der Waals surface area contributed by atoms with Crippen molar-refractivity contribution in [1.29, 1.82) is 0 Å². The van der Waals surface area contributed by atoms with Gasteiger partial charge in [-0.25, -0.2) is 0 Å². The summed E-state index contributed by atoms with van der Waals surface area (Å²) in [5, 5.41) is 0. The average molecular weight is 340 g/mol. The molecule has 5 heteroatoms. The van der Waals surface area contributed by atoms with E-state index >= 15 is 0 Å². The minimum atomic E-state index is -0.427. The average Bonchev–Trinajstić information content (AvgIpc) is 2.58. The summed E-state index contributed by atoms with van der Waals surface area (Å²) in [4.78, 5) is 23.9. The molecule has 0 aliphatic heterocycles. The van der Waals surface area contributed by atoms with Gasteiger partial charge in [-0.1, -0.05) is 56.7 Å². The van der Waals surface area contributed by atoms with Crippen molar-refractivity contribution in [3.05, 3.63) is 65.2 Å². The Morgan fingerprint density at radius 1 is 0.960 bits per heavy atom. The Bertz CT molecular complexity index is 746. The van der Waals surface area contributed by atoms with Crippen molar-refractivity contribution in [1.82, 2.24) is 10.9 Å². The minimum Gasteiger partial charge on any atom is -0.483 e. The van der Waals surface area contributed by atoms with Crippen LogP contribution in [0.15, 0.2) is 48.5 Å². The molecule has 2 aromatic carbocycles. The van der Waals surface area contributed by atoms with E-state index < -0.39 is 5.91 Å². The van der Waals surface area contributed by atoms with E-state index in [9.17, 15) is 9.59 Å². The molecule has 0 spiro atoms. The maximum Gasteiger partial charge on any atom is 0.276 e. The Labute approximate surface area is 148 Å².